The molecule has 4 nitrogen and oxygen atoms in total. The van der Waals surface area contributed by atoms with E-state index in [4.69, 9.17) is 4.74 Å². The van der Waals surface area contributed by atoms with Crippen LogP contribution in [0.3, 0.4) is 0 Å². The Morgan fingerprint density at radius 1 is 0.882 bits per heavy atom. The van der Waals surface area contributed by atoms with Crippen molar-refractivity contribution in [1.29, 1.82) is 0 Å². The predicted octanol–water partition coefficient (Wildman–Crippen LogP) is 5.53. The summed E-state index contributed by atoms with van der Waals surface area (Å²) in [6.07, 6.45) is 9.66. The maximum atomic E-state index is 14.1. The van der Waals surface area contributed by atoms with Gasteiger partial charge in [-0.05, 0) is 91.3 Å². The lowest BCUT2D eigenvalue weighted by molar-refractivity contribution is -0.283. The first-order valence-electron chi connectivity index (χ1n) is 14.2. The van der Waals surface area contributed by atoms with E-state index in [2.05, 4.69) is 41.5 Å². The van der Waals surface area contributed by atoms with Crippen LogP contribution in [-0.2, 0) is 9.53 Å². The second-order valence-corrected chi connectivity index (χ2v) is 15.5. The lowest BCUT2D eigenvalue weighted by Gasteiger charge is -2.74. The Hall–Kier alpha value is -0.450. The molecule has 6 fully saturated rings. The molecule has 192 valence electrons. The van der Waals surface area contributed by atoms with Gasteiger partial charge < -0.3 is 14.9 Å². The van der Waals surface area contributed by atoms with Gasteiger partial charge in [-0.25, -0.2) is 0 Å². The standard InChI is InChI=1S/C30H48O4/c1-24(2)19-7-11-27(5)20(26(19,4)10-9-22(24)32)8-12-30-21-15-25(3,17-31)13-14-29(21,18-34-30)23(33)16-28(27,30)6/h19-22,31-32H,7-18H2,1-6H3/t19-,20+,21+,22-,25-,26-,27+,28-,29+,30-/m0/s1. The highest BCUT2D eigenvalue weighted by Crippen LogP contribution is 2.79. The van der Waals surface area contributed by atoms with Gasteiger partial charge in [0.15, 0.2) is 0 Å². The number of aliphatic hydroxyl groups is 2. The number of carbonyl (C=O) groups excluding carboxylic acids is 1. The van der Waals surface area contributed by atoms with Crippen LogP contribution in [-0.4, -0.2) is 40.9 Å². The molecule has 1 aliphatic heterocycles. The third kappa shape index (κ3) is 2.41. The molecule has 2 bridgehead atoms. The van der Waals surface area contributed by atoms with Gasteiger partial charge >= 0.3 is 0 Å². The number of aliphatic hydroxyl groups excluding tert-OH is 2. The van der Waals surface area contributed by atoms with Crippen LogP contribution >= 0.6 is 0 Å². The van der Waals surface area contributed by atoms with E-state index in [1.165, 1.54) is 6.42 Å². The number of ketones is 1. The zero-order valence-corrected chi connectivity index (χ0v) is 22.5. The van der Waals surface area contributed by atoms with E-state index in [0.717, 1.165) is 51.4 Å². The maximum absolute atomic E-state index is 14.1. The Bertz CT molecular complexity index is 913. The largest absolute Gasteiger partial charge is 0.396 e. The Morgan fingerprint density at radius 3 is 2.29 bits per heavy atom. The van der Waals surface area contributed by atoms with Crippen molar-refractivity contribution in [3.63, 3.8) is 0 Å². The number of fused-ring (bicyclic) bond motifs is 4. The molecular weight excluding hydrogens is 424 g/mol. The molecule has 2 N–H and O–H groups in total. The number of hydrogen-bond donors (Lipinski definition) is 2. The molecule has 6 aliphatic rings. The summed E-state index contributed by atoms with van der Waals surface area (Å²) in [4.78, 5) is 14.1. The highest BCUT2D eigenvalue weighted by molar-refractivity contribution is 5.88. The molecule has 0 unspecified atom stereocenters. The van der Waals surface area contributed by atoms with Crippen LogP contribution in [0.2, 0.25) is 0 Å². The Kier molecular flexibility index (Phi) is 4.71. The minimum atomic E-state index is -0.310. The molecule has 0 aromatic carbocycles. The van der Waals surface area contributed by atoms with E-state index in [1.807, 2.05) is 0 Å². The van der Waals surface area contributed by atoms with E-state index in [1.54, 1.807) is 0 Å². The first kappa shape index (κ1) is 23.9. The van der Waals surface area contributed by atoms with Gasteiger partial charge in [0.2, 0.25) is 0 Å². The first-order valence-corrected chi connectivity index (χ1v) is 14.2. The van der Waals surface area contributed by atoms with Crippen molar-refractivity contribution in [1.82, 2.24) is 0 Å². The van der Waals surface area contributed by atoms with Gasteiger partial charge in [-0.15, -0.1) is 0 Å². The van der Waals surface area contributed by atoms with Crippen molar-refractivity contribution in [2.75, 3.05) is 13.2 Å². The molecular formula is C30H48O4. The molecule has 10 atom stereocenters. The van der Waals surface area contributed by atoms with Gasteiger partial charge in [-0.2, -0.15) is 0 Å². The van der Waals surface area contributed by atoms with Gasteiger partial charge in [0.1, 0.15) is 5.78 Å². The zero-order chi connectivity index (χ0) is 24.6. The van der Waals surface area contributed by atoms with Crippen molar-refractivity contribution < 1.29 is 19.7 Å². The van der Waals surface area contributed by atoms with Crippen LogP contribution in [0.4, 0.5) is 0 Å². The van der Waals surface area contributed by atoms with Crippen LogP contribution in [0.5, 0.6) is 0 Å². The van der Waals surface area contributed by atoms with Crippen LogP contribution in [0.25, 0.3) is 0 Å². The number of ether oxygens (including phenoxy) is 1. The Balaban J connectivity index is 1.45. The fraction of sp³-hybridized carbons (Fsp3) is 0.967. The van der Waals surface area contributed by atoms with Crippen molar-refractivity contribution in [2.45, 2.75) is 117 Å². The summed E-state index contributed by atoms with van der Waals surface area (Å²) >= 11 is 0. The summed E-state index contributed by atoms with van der Waals surface area (Å²) in [5.74, 6) is 1.78. The lowest BCUT2D eigenvalue weighted by atomic mass is 9.30. The van der Waals surface area contributed by atoms with E-state index in [0.29, 0.717) is 30.6 Å². The molecule has 5 aliphatic carbocycles. The third-order valence-corrected chi connectivity index (χ3v) is 14.2. The second kappa shape index (κ2) is 6.70. The molecule has 1 heterocycles. The van der Waals surface area contributed by atoms with Crippen molar-refractivity contribution >= 4 is 5.78 Å². The summed E-state index contributed by atoms with van der Waals surface area (Å²) in [7, 11) is 0. The SMILES string of the molecule is CC1(C)[C@@H](O)CC[C@]2(C)[C@H]3CC[C@]45OC[C@@]6(CC[C@](C)(CO)C[C@H]64)C(=O)C[C@@]5(C)[C@]3(C)CC[C@@H]12. The minimum Gasteiger partial charge on any atom is -0.396 e. The summed E-state index contributed by atoms with van der Waals surface area (Å²) in [6.45, 7) is 15.1. The Morgan fingerprint density at radius 2 is 1.59 bits per heavy atom. The van der Waals surface area contributed by atoms with Crippen LogP contribution in [0.1, 0.15) is 106 Å². The fourth-order valence-corrected chi connectivity index (χ4v) is 11.8. The molecule has 1 saturated heterocycles. The maximum Gasteiger partial charge on any atom is 0.142 e. The number of carbonyl (C=O) groups is 1. The highest BCUT2D eigenvalue weighted by atomic mass is 16.5. The third-order valence-electron chi connectivity index (χ3n) is 14.2. The van der Waals surface area contributed by atoms with Gasteiger partial charge in [-0.1, -0.05) is 41.5 Å². The number of Topliss-reactive ketones (excluding diaryl/α,β-unsaturated/α-hetero) is 1. The fourth-order valence-electron chi connectivity index (χ4n) is 11.8. The molecule has 0 amide bonds. The monoisotopic (exact) mass is 472 g/mol. The average molecular weight is 473 g/mol. The van der Waals surface area contributed by atoms with Crippen LogP contribution < -0.4 is 0 Å². The number of rotatable bonds is 1. The normalized spacial score (nSPS) is 60.1. The lowest BCUT2D eigenvalue weighted by Crippen LogP contribution is -2.73. The molecule has 0 aromatic rings. The Labute approximate surface area is 206 Å². The smallest absolute Gasteiger partial charge is 0.142 e. The van der Waals surface area contributed by atoms with E-state index >= 15 is 0 Å². The number of hydrogen-bond acceptors (Lipinski definition) is 4. The average Bonchev–Trinajstić information content (AvgIpc) is 3.05. The van der Waals surface area contributed by atoms with Crippen molar-refractivity contribution in [3.05, 3.63) is 0 Å². The summed E-state index contributed by atoms with van der Waals surface area (Å²) in [6, 6.07) is 0. The minimum absolute atomic E-state index is 0.0497. The molecule has 1 spiro atoms. The zero-order valence-electron chi connectivity index (χ0n) is 22.5. The summed E-state index contributed by atoms with van der Waals surface area (Å²) < 4.78 is 7.02. The van der Waals surface area contributed by atoms with Gasteiger partial charge in [0.25, 0.3) is 0 Å². The van der Waals surface area contributed by atoms with Crippen molar-refractivity contribution in [2.24, 2.45) is 50.2 Å². The summed E-state index contributed by atoms with van der Waals surface area (Å²) in [5, 5.41) is 21.2. The van der Waals surface area contributed by atoms with Gasteiger partial charge in [0, 0.05) is 24.4 Å². The molecule has 6 rings (SSSR count). The van der Waals surface area contributed by atoms with Crippen LogP contribution in [0, 0.1) is 50.2 Å². The molecule has 0 radical (unpaired) electrons. The van der Waals surface area contributed by atoms with E-state index in [-0.39, 0.29) is 56.7 Å². The molecule has 4 heteroatoms. The van der Waals surface area contributed by atoms with E-state index < -0.39 is 0 Å². The highest BCUT2D eigenvalue weighted by Gasteiger charge is 2.80. The van der Waals surface area contributed by atoms with E-state index in [9.17, 15) is 15.0 Å². The quantitative estimate of drug-likeness (QED) is 0.526. The van der Waals surface area contributed by atoms with Crippen molar-refractivity contribution in [3.8, 4) is 0 Å². The topological polar surface area (TPSA) is 66.8 Å². The molecule has 5 saturated carbocycles. The predicted molar refractivity (Wildman–Crippen MR) is 132 cm³/mol. The first-order chi connectivity index (χ1) is 15.7. The molecule has 0 aromatic heterocycles. The summed E-state index contributed by atoms with van der Waals surface area (Å²) in [5.41, 5.74) is -0.634. The van der Waals surface area contributed by atoms with Crippen LogP contribution in [0.15, 0.2) is 0 Å². The second-order valence-electron chi connectivity index (χ2n) is 15.5. The van der Waals surface area contributed by atoms with Gasteiger partial charge in [-0.3, -0.25) is 4.79 Å². The van der Waals surface area contributed by atoms with Gasteiger partial charge in [0.05, 0.1) is 23.7 Å². The molecule has 34 heavy (non-hydrogen) atoms.